The summed E-state index contributed by atoms with van der Waals surface area (Å²) in [6.45, 7) is 5.86. The molecule has 2 heterocycles. The summed E-state index contributed by atoms with van der Waals surface area (Å²) in [4.78, 5) is 14.5. The zero-order chi connectivity index (χ0) is 15.5. The van der Waals surface area contributed by atoms with Crippen LogP contribution in [0, 0.1) is 0 Å². The number of aromatic nitrogens is 2. The zero-order valence-corrected chi connectivity index (χ0v) is 13.1. The third-order valence-electron chi connectivity index (χ3n) is 4.37. The van der Waals surface area contributed by atoms with Crippen molar-refractivity contribution < 1.29 is 4.79 Å². The predicted molar refractivity (Wildman–Crippen MR) is 85.9 cm³/mol. The van der Waals surface area contributed by atoms with Gasteiger partial charge in [-0.3, -0.25) is 4.79 Å². The highest BCUT2D eigenvalue weighted by molar-refractivity contribution is 5.79. The first kappa shape index (κ1) is 14.8. The van der Waals surface area contributed by atoms with E-state index in [-0.39, 0.29) is 11.9 Å². The van der Waals surface area contributed by atoms with Gasteiger partial charge in [-0.2, -0.15) is 5.10 Å². The van der Waals surface area contributed by atoms with Crippen LogP contribution in [0.25, 0.3) is 5.69 Å². The van der Waals surface area contributed by atoms with Crippen molar-refractivity contribution in [3.63, 3.8) is 0 Å². The number of nitrogens with zero attached hydrogens (tertiary/aromatic N) is 3. The molecular weight excluding hydrogens is 276 g/mol. The van der Waals surface area contributed by atoms with Gasteiger partial charge in [-0.1, -0.05) is 18.2 Å². The van der Waals surface area contributed by atoms with Crippen LogP contribution in [0.2, 0.25) is 0 Å². The number of carbonyl (C=O) groups excluding carboxylic acids is 1. The van der Waals surface area contributed by atoms with E-state index in [0.717, 1.165) is 24.3 Å². The highest BCUT2D eigenvalue weighted by atomic mass is 16.2. The molecule has 2 atom stereocenters. The summed E-state index contributed by atoms with van der Waals surface area (Å²) in [7, 11) is 0. The molecule has 3 rings (SSSR count). The second-order valence-electron chi connectivity index (χ2n) is 5.88. The van der Waals surface area contributed by atoms with E-state index in [4.69, 9.17) is 0 Å². The molecule has 2 aromatic rings. The number of amides is 1. The maximum absolute atomic E-state index is 12.5. The van der Waals surface area contributed by atoms with Gasteiger partial charge in [-0.05, 0) is 31.5 Å². The van der Waals surface area contributed by atoms with Crippen LogP contribution in [0.1, 0.15) is 19.4 Å². The van der Waals surface area contributed by atoms with Crippen molar-refractivity contribution in [2.45, 2.75) is 32.4 Å². The van der Waals surface area contributed by atoms with E-state index in [0.29, 0.717) is 12.5 Å². The van der Waals surface area contributed by atoms with E-state index in [9.17, 15) is 4.79 Å². The van der Waals surface area contributed by atoms with E-state index in [1.54, 1.807) is 6.20 Å². The highest BCUT2D eigenvalue weighted by Crippen LogP contribution is 2.13. The molecule has 1 aromatic carbocycles. The Morgan fingerprint density at radius 1 is 1.32 bits per heavy atom. The number of piperazine rings is 1. The molecule has 0 radical (unpaired) electrons. The van der Waals surface area contributed by atoms with Gasteiger partial charge in [-0.15, -0.1) is 0 Å². The van der Waals surface area contributed by atoms with Gasteiger partial charge in [-0.25, -0.2) is 4.68 Å². The van der Waals surface area contributed by atoms with Crippen LogP contribution in [-0.2, 0) is 11.2 Å². The third kappa shape index (κ3) is 3.04. The van der Waals surface area contributed by atoms with Gasteiger partial charge < -0.3 is 10.2 Å². The molecule has 0 aliphatic carbocycles. The number of carbonyl (C=O) groups is 1. The van der Waals surface area contributed by atoms with Crippen molar-refractivity contribution >= 4 is 5.91 Å². The molecule has 2 unspecified atom stereocenters. The van der Waals surface area contributed by atoms with Gasteiger partial charge in [0.1, 0.15) is 0 Å². The lowest BCUT2D eigenvalue weighted by atomic mass is 10.1. The summed E-state index contributed by atoms with van der Waals surface area (Å²) < 4.78 is 1.81. The smallest absolute Gasteiger partial charge is 0.227 e. The molecule has 0 spiro atoms. The van der Waals surface area contributed by atoms with Gasteiger partial charge in [0.25, 0.3) is 0 Å². The summed E-state index contributed by atoms with van der Waals surface area (Å²) in [6.07, 6.45) is 4.12. The van der Waals surface area contributed by atoms with E-state index in [1.165, 1.54) is 0 Å². The van der Waals surface area contributed by atoms with Gasteiger partial charge in [0, 0.05) is 31.4 Å². The Morgan fingerprint density at radius 3 is 2.86 bits per heavy atom. The maximum atomic E-state index is 12.5. The van der Waals surface area contributed by atoms with Crippen LogP contribution in [0.5, 0.6) is 0 Å². The van der Waals surface area contributed by atoms with Gasteiger partial charge in [0.2, 0.25) is 5.91 Å². The standard InChI is InChI=1S/C17H22N4O/c1-13-14(2)20(9-8-18-13)17(22)10-15-11-19-21(12-15)16-6-4-3-5-7-16/h3-7,11-14,18H,8-10H2,1-2H3. The number of para-hydroxylation sites is 1. The Labute approximate surface area is 130 Å². The lowest BCUT2D eigenvalue weighted by Gasteiger charge is -2.38. The molecule has 22 heavy (non-hydrogen) atoms. The Kier molecular flexibility index (Phi) is 4.24. The molecule has 1 amide bonds. The largest absolute Gasteiger partial charge is 0.337 e. The summed E-state index contributed by atoms with van der Waals surface area (Å²) >= 11 is 0. The average Bonchev–Trinajstić information content (AvgIpc) is 2.99. The Hall–Kier alpha value is -2.14. The van der Waals surface area contributed by atoms with E-state index in [2.05, 4.69) is 24.3 Å². The highest BCUT2D eigenvalue weighted by Gasteiger charge is 2.28. The predicted octanol–water partition coefficient (Wildman–Crippen LogP) is 1.62. The lowest BCUT2D eigenvalue weighted by Crippen LogP contribution is -2.57. The molecular formula is C17H22N4O. The second-order valence-corrected chi connectivity index (χ2v) is 5.88. The van der Waals surface area contributed by atoms with E-state index >= 15 is 0 Å². The Balaban J connectivity index is 1.69. The third-order valence-corrected chi connectivity index (χ3v) is 4.37. The molecule has 1 N–H and O–H groups in total. The first-order chi connectivity index (χ1) is 10.6. The van der Waals surface area contributed by atoms with Crippen LogP contribution in [-0.4, -0.2) is 45.8 Å². The van der Waals surface area contributed by atoms with Crippen molar-refractivity contribution in [3.8, 4) is 5.69 Å². The average molecular weight is 298 g/mol. The number of hydrogen-bond acceptors (Lipinski definition) is 3. The van der Waals surface area contributed by atoms with Crippen LogP contribution in [0.15, 0.2) is 42.7 Å². The molecule has 1 aliphatic rings. The molecule has 0 saturated carbocycles. The van der Waals surface area contributed by atoms with Crippen molar-refractivity contribution in [2.75, 3.05) is 13.1 Å². The SMILES string of the molecule is CC1NCCN(C(=O)Cc2cnn(-c3ccccc3)c2)C1C. The minimum Gasteiger partial charge on any atom is -0.337 e. The van der Waals surface area contributed by atoms with Crippen LogP contribution < -0.4 is 5.32 Å². The molecule has 5 nitrogen and oxygen atoms in total. The number of rotatable bonds is 3. The number of benzene rings is 1. The first-order valence-electron chi connectivity index (χ1n) is 7.77. The summed E-state index contributed by atoms with van der Waals surface area (Å²) in [5, 5.41) is 7.75. The quantitative estimate of drug-likeness (QED) is 0.937. The number of hydrogen-bond donors (Lipinski definition) is 1. The fourth-order valence-corrected chi connectivity index (χ4v) is 2.86. The van der Waals surface area contributed by atoms with Gasteiger partial charge in [0.05, 0.1) is 18.3 Å². The summed E-state index contributed by atoms with van der Waals surface area (Å²) in [6, 6.07) is 10.5. The van der Waals surface area contributed by atoms with Crippen LogP contribution >= 0.6 is 0 Å². The summed E-state index contributed by atoms with van der Waals surface area (Å²) in [5.74, 6) is 0.175. The van der Waals surface area contributed by atoms with Crippen molar-refractivity contribution in [1.29, 1.82) is 0 Å². The number of nitrogens with one attached hydrogen (secondary N) is 1. The van der Waals surface area contributed by atoms with Crippen LogP contribution in [0.4, 0.5) is 0 Å². The summed E-state index contributed by atoms with van der Waals surface area (Å²) in [5.41, 5.74) is 1.96. The van der Waals surface area contributed by atoms with Crippen molar-refractivity contribution in [2.24, 2.45) is 0 Å². The maximum Gasteiger partial charge on any atom is 0.227 e. The topological polar surface area (TPSA) is 50.2 Å². The normalized spacial score (nSPS) is 21.8. The monoisotopic (exact) mass is 298 g/mol. The lowest BCUT2D eigenvalue weighted by molar-refractivity contribution is -0.134. The van der Waals surface area contributed by atoms with E-state index < -0.39 is 0 Å². The fraction of sp³-hybridized carbons (Fsp3) is 0.412. The molecule has 0 bridgehead atoms. The van der Waals surface area contributed by atoms with E-state index in [1.807, 2.05) is 46.1 Å². The van der Waals surface area contributed by atoms with Crippen molar-refractivity contribution in [3.05, 3.63) is 48.3 Å². The van der Waals surface area contributed by atoms with Crippen molar-refractivity contribution in [1.82, 2.24) is 20.0 Å². The van der Waals surface area contributed by atoms with Gasteiger partial charge >= 0.3 is 0 Å². The van der Waals surface area contributed by atoms with Gasteiger partial charge in [0.15, 0.2) is 0 Å². The minimum absolute atomic E-state index is 0.175. The minimum atomic E-state index is 0.175. The molecule has 1 aliphatic heterocycles. The zero-order valence-electron chi connectivity index (χ0n) is 13.1. The second kappa shape index (κ2) is 6.32. The Morgan fingerprint density at radius 2 is 2.09 bits per heavy atom. The fourth-order valence-electron chi connectivity index (χ4n) is 2.86. The molecule has 116 valence electrons. The Bertz CT molecular complexity index is 637. The molecule has 5 heteroatoms. The molecule has 1 aromatic heterocycles. The molecule has 1 fully saturated rings. The molecule has 1 saturated heterocycles. The van der Waals surface area contributed by atoms with Crippen LogP contribution in [0.3, 0.4) is 0 Å². The first-order valence-corrected chi connectivity index (χ1v) is 7.77.